The van der Waals surface area contributed by atoms with Gasteiger partial charge in [0.1, 0.15) is 17.4 Å². The van der Waals surface area contributed by atoms with Crippen LogP contribution in [-0.2, 0) is 6.54 Å². The molecular weight excluding hydrogens is 248 g/mol. The van der Waals surface area contributed by atoms with Gasteiger partial charge in [-0.2, -0.15) is 0 Å². The molecule has 2 aromatic heterocycles. The molecule has 2 aromatic rings. The number of hydrogen-bond donors (Lipinski definition) is 1. The van der Waals surface area contributed by atoms with Crippen molar-refractivity contribution in [1.82, 2.24) is 9.97 Å². The van der Waals surface area contributed by atoms with E-state index < -0.39 is 0 Å². The van der Waals surface area contributed by atoms with Gasteiger partial charge in [0.25, 0.3) is 0 Å². The van der Waals surface area contributed by atoms with E-state index in [9.17, 15) is 0 Å². The lowest BCUT2D eigenvalue weighted by molar-refractivity contribution is 0.529. The summed E-state index contributed by atoms with van der Waals surface area (Å²) < 4.78 is 5.28. The molecule has 0 fully saturated rings. The van der Waals surface area contributed by atoms with Crippen LogP contribution in [0, 0.1) is 6.92 Å². The van der Waals surface area contributed by atoms with Crippen LogP contribution in [0.15, 0.2) is 28.0 Å². The molecule has 0 aliphatic heterocycles. The van der Waals surface area contributed by atoms with Gasteiger partial charge in [-0.25, -0.2) is 9.97 Å². The second-order valence-electron chi connectivity index (χ2n) is 4.00. The van der Waals surface area contributed by atoms with Crippen molar-refractivity contribution in [3.05, 3.63) is 29.7 Å². The van der Waals surface area contributed by atoms with E-state index in [1.54, 1.807) is 12.3 Å². The minimum atomic E-state index is 0.486. The van der Waals surface area contributed by atoms with Crippen molar-refractivity contribution in [2.24, 2.45) is 0 Å². The van der Waals surface area contributed by atoms with E-state index in [0.717, 1.165) is 23.7 Å². The third-order valence-corrected chi connectivity index (χ3v) is 3.21. The summed E-state index contributed by atoms with van der Waals surface area (Å²) in [6, 6.07) is 3.74. The summed E-state index contributed by atoms with van der Waals surface area (Å²) >= 11 is 1.48. The first-order valence-electron chi connectivity index (χ1n) is 5.53. The van der Waals surface area contributed by atoms with Gasteiger partial charge in [-0.3, -0.25) is 0 Å². The average Bonchev–Trinajstić information content (AvgIpc) is 2.74. The number of nitrogen functional groups attached to an aromatic ring is 1. The lowest BCUT2D eigenvalue weighted by Gasteiger charge is -2.18. The number of thioether (sulfide) groups is 1. The molecular formula is C12H16N4OS. The van der Waals surface area contributed by atoms with Crippen LogP contribution >= 0.6 is 11.8 Å². The summed E-state index contributed by atoms with van der Waals surface area (Å²) in [5.41, 5.74) is 6.91. The Bertz CT molecular complexity index is 541. The number of aromatic nitrogens is 2. The molecule has 6 heteroatoms. The highest BCUT2D eigenvalue weighted by atomic mass is 32.2. The second-order valence-corrected chi connectivity index (χ2v) is 4.77. The Balaban J connectivity index is 2.20. The monoisotopic (exact) mass is 264 g/mol. The van der Waals surface area contributed by atoms with Crippen molar-refractivity contribution in [2.75, 3.05) is 23.9 Å². The summed E-state index contributed by atoms with van der Waals surface area (Å²) in [4.78, 5) is 10.6. The van der Waals surface area contributed by atoms with Crippen LogP contribution in [-0.4, -0.2) is 23.3 Å². The Hall–Kier alpha value is -1.69. The fourth-order valence-electron chi connectivity index (χ4n) is 1.63. The zero-order chi connectivity index (χ0) is 13.1. The molecule has 0 saturated carbocycles. The summed E-state index contributed by atoms with van der Waals surface area (Å²) in [5, 5.41) is 0.681. The molecule has 0 unspecified atom stereocenters. The van der Waals surface area contributed by atoms with E-state index in [1.165, 1.54) is 11.8 Å². The maximum Gasteiger partial charge on any atom is 0.191 e. The van der Waals surface area contributed by atoms with Gasteiger partial charge in [-0.05, 0) is 19.2 Å². The fourth-order valence-corrected chi connectivity index (χ4v) is 2.01. The first kappa shape index (κ1) is 12.8. The number of anilines is 2. The highest BCUT2D eigenvalue weighted by Crippen LogP contribution is 2.20. The van der Waals surface area contributed by atoms with Crippen LogP contribution in [0.4, 0.5) is 11.6 Å². The van der Waals surface area contributed by atoms with E-state index in [4.69, 9.17) is 10.2 Å². The minimum absolute atomic E-state index is 0.486. The summed E-state index contributed by atoms with van der Waals surface area (Å²) in [7, 11) is 1.97. The van der Waals surface area contributed by atoms with Crippen molar-refractivity contribution in [3.63, 3.8) is 0 Å². The van der Waals surface area contributed by atoms with Gasteiger partial charge < -0.3 is 15.1 Å². The van der Waals surface area contributed by atoms with Crippen LogP contribution in [0.2, 0.25) is 0 Å². The number of aryl methyl sites for hydroxylation is 1. The van der Waals surface area contributed by atoms with Crippen LogP contribution in [0.5, 0.6) is 0 Å². The molecule has 0 aromatic carbocycles. The molecule has 0 radical (unpaired) electrons. The molecule has 2 rings (SSSR count). The van der Waals surface area contributed by atoms with E-state index in [1.807, 2.05) is 31.2 Å². The average molecular weight is 264 g/mol. The maximum absolute atomic E-state index is 5.77. The first-order chi connectivity index (χ1) is 8.60. The SMILES string of the molecule is CSc1nc(N)cc(N(C)Cc2ccoc2C)n1. The van der Waals surface area contributed by atoms with Gasteiger partial charge >= 0.3 is 0 Å². The first-order valence-corrected chi connectivity index (χ1v) is 6.75. The molecule has 0 bridgehead atoms. The number of nitrogens with zero attached hydrogens (tertiary/aromatic N) is 3. The third-order valence-electron chi connectivity index (χ3n) is 2.66. The van der Waals surface area contributed by atoms with Gasteiger partial charge in [0.2, 0.25) is 0 Å². The molecule has 0 atom stereocenters. The Labute approximate surface area is 110 Å². The van der Waals surface area contributed by atoms with Crippen molar-refractivity contribution >= 4 is 23.4 Å². The lowest BCUT2D eigenvalue weighted by atomic mass is 10.2. The Kier molecular flexibility index (Phi) is 3.76. The molecule has 0 saturated heterocycles. The summed E-state index contributed by atoms with van der Waals surface area (Å²) in [5.74, 6) is 2.22. The van der Waals surface area contributed by atoms with Gasteiger partial charge in [0.05, 0.1) is 6.26 Å². The van der Waals surface area contributed by atoms with E-state index in [-0.39, 0.29) is 0 Å². The van der Waals surface area contributed by atoms with E-state index >= 15 is 0 Å². The van der Waals surface area contributed by atoms with E-state index in [2.05, 4.69) is 9.97 Å². The molecule has 2 N–H and O–H groups in total. The quantitative estimate of drug-likeness (QED) is 0.675. The van der Waals surface area contributed by atoms with Crippen molar-refractivity contribution in [3.8, 4) is 0 Å². The Morgan fingerprint density at radius 1 is 1.44 bits per heavy atom. The normalized spacial score (nSPS) is 10.6. The Morgan fingerprint density at radius 3 is 2.83 bits per heavy atom. The van der Waals surface area contributed by atoms with Crippen molar-refractivity contribution in [1.29, 1.82) is 0 Å². The number of hydrogen-bond acceptors (Lipinski definition) is 6. The van der Waals surface area contributed by atoms with E-state index in [0.29, 0.717) is 11.0 Å². The van der Waals surface area contributed by atoms with Crippen molar-refractivity contribution < 1.29 is 4.42 Å². The number of nitrogens with two attached hydrogens (primary N) is 1. The maximum atomic E-state index is 5.77. The summed E-state index contributed by atoms with van der Waals surface area (Å²) in [6.07, 6.45) is 3.62. The number of furan rings is 1. The zero-order valence-corrected chi connectivity index (χ0v) is 11.5. The second kappa shape index (κ2) is 5.30. The fraction of sp³-hybridized carbons (Fsp3) is 0.333. The smallest absolute Gasteiger partial charge is 0.191 e. The molecule has 0 aliphatic rings. The standard InChI is InChI=1S/C12H16N4OS/c1-8-9(4-5-17-8)7-16(2)11-6-10(13)14-12(15-11)18-3/h4-6H,7H2,1-3H3,(H2,13,14,15). The minimum Gasteiger partial charge on any atom is -0.469 e. The van der Waals surface area contributed by atoms with Gasteiger partial charge in [-0.1, -0.05) is 11.8 Å². The predicted molar refractivity (Wildman–Crippen MR) is 73.8 cm³/mol. The largest absolute Gasteiger partial charge is 0.469 e. The highest BCUT2D eigenvalue weighted by molar-refractivity contribution is 7.98. The molecule has 5 nitrogen and oxygen atoms in total. The highest BCUT2D eigenvalue weighted by Gasteiger charge is 2.09. The molecule has 0 spiro atoms. The lowest BCUT2D eigenvalue weighted by Crippen LogP contribution is -2.18. The van der Waals surface area contributed by atoms with Gasteiger partial charge in [-0.15, -0.1) is 0 Å². The third kappa shape index (κ3) is 2.76. The molecule has 96 valence electrons. The predicted octanol–water partition coefficient (Wildman–Crippen LogP) is 2.32. The van der Waals surface area contributed by atoms with Gasteiger partial charge in [0.15, 0.2) is 5.16 Å². The van der Waals surface area contributed by atoms with Gasteiger partial charge in [0, 0.05) is 25.2 Å². The molecule has 18 heavy (non-hydrogen) atoms. The van der Waals surface area contributed by atoms with Crippen molar-refractivity contribution in [2.45, 2.75) is 18.6 Å². The Morgan fingerprint density at radius 2 is 2.22 bits per heavy atom. The number of rotatable bonds is 4. The summed E-state index contributed by atoms with van der Waals surface area (Å²) in [6.45, 7) is 2.68. The molecule has 0 amide bonds. The molecule has 0 aliphatic carbocycles. The molecule has 2 heterocycles. The zero-order valence-electron chi connectivity index (χ0n) is 10.7. The van der Waals surface area contributed by atoms with Crippen LogP contribution in [0.3, 0.4) is 0 Å². The topological polar surface area (TPSA) is 68.2 Å². The van der Waals surface area contributed by atoms with Crippen LogP contribution < -0.4 is 10.6 Å². The van der Waals surface area contributed by atoms with Crippen LogP contribution in [0.1, 0.15) is 11.3 Å². The van der Waals surface area contributed by atoms with Crippen LogP contribution in [0.25, 0.3) is 0 Å².